The fraction of sp³-hybridized carbons (Fsp3) is 0.350. The van der Waals surface area contributed by atoms with E-state index in [4.69, 9.17) is 57.8 Å². The molecular weight excluding hydrogens is 1630 g/mol. The fourth-order valence-electron chi connectivity index (χ4n) is 14.9. The number of benzene rings is 8. The van der Waals surface area contributed by atoms with E-state index in [9.17, 15) is 45.0 Å². The number of nitriles is 4. The minimum atomic E-state index is -0.793. The van der Waals surface area contributed by atoms with Crippen LogP contribution in [-0.2, 0) is 63.3 Å². The molecule has 0 fully saturated rings. The Morgan fingerprint density at radius 3 is 1.29 bits per heavy atom. The highest BCUT2D eigenvalue weighted by Crippen LogP contribution is 2.46. The standard InChI is InChI=1S/C58H57N5O9.C43H47N5O7.2CH4/c1-38-26-43(34-63(57(66)72-58(2,3)4)23-11-14-44(64)13-10-22-62-56(65)71-37-51-48-17-7-5-15-46(48)47-16-6-8-18-49(47)51)54(69-35-40-27-39(30-59)32-61-33-40)29-53(38)70-36-42-12-9-19-45(50(42)31-60)41-20-21-52-55(28-41)68-25-24-67-52;1-29-18-34(26-48(42(50)55-43(2,3)4)15-7-10-35(49)9-6-14-44)40(53-27-31-19-30(22-45)24-47-25-31)21-39(29)54-28-33-8-5-11-36(37(33)23-46)32-12-13-38-41(20-32)52-17-16-51-38;;/h5-9,12,15-21,26-29,32-33,51H,10-11,13-14,22-25,34-37H2,1-4H3,(H,62,65);5,8,11-13,18-21,24-25H,6-7,9-10,14-17,26-28,44H2,1-4H3;2*1H4. The van der Waals surface area contributed by atoms with E-state index in [0.717, 1.165) is 55.6 Å². The van der Waals surface area contributed by atoms with Gasteiger partial charge in [-0.2, -0.15) is 21.0 Å². The van der Waals surface area contributed by atoms with Gasteiger partial charge >= 0.3 is 18.3 Å². The summed E-state index contributed by atoms with van der Waals surface area (Å²) >= 11 is 0. The molecule has 0 unspecified atom stereocenters. The van der Waals surface area contributed by atoms with Crippen molar-refractivity contribution < 1.29 is 76.1 Å². The zero-order valence-corrected chi connectivity index (χ0v) is 72.8. The summed E-state index contributed by atoms with van der Waals surface area (Å²) in [4.78, 5) is 77.1. The number of Topliss-reactive ketones (excluding diaryl/α,β-unsaturated/α-hetero) is 2. The lowest BCUT2D eigenvalue weighted by Gasteiger charge is -2.28. The molecule has 1 aliphatic carbocycles. The summed E-state index contributed by atoms with van der Waals surface area (Å²) in [5.41, 5.74) is 19.0. The van der Waals surface area contributed by atoms with Crippen molar-refractivity contribution in [1.29, 1.82) is 21.0 Å². The third-order valence-electron chi connectivity index (χ3n) is 21.0. The highest BCUT2D eigenvalue weighted by Gasteiger charge is 2.32. The molecule has 2 aromatic heterocycles. The first-order valence-electron chi connectivity index (χ1n) is 42.4. The predicted molar refractivity (Wildman–Crippen MR) is 489 cm³/mol. The number of ether oxygens (including phenoxy) is 11. The normalized spacial score (nSPS) is 12.0. The van der Waals surface area contributed by atoms with Crippen LogP contribution in [0.4, 0.5) is 14.4 Å². The van der Waals surface area contributed by atoms with Crippen LogP contribution in [0, 0.1) is 59.2 Å². The van der Waals surface area contributed by atoms with E-state index in [1.54, 1.807) is 88.0 Å². The molecule has 0 atom stereocenters. The number of carbonyl (C=O) groups is 5. The average Bonchev–Trinajstić information content (AvgIpc) is 1.62. The molecule has 2 aliphatic heterocycles. The lowest BCUT2D eigenvalue weighted by Crippen LogP contribution is -2.37. The van der Waals surface area contributed by atoms with E-state index in [-0.39, 0.29) is 111 Å². The number of fused-ring (bicyclic) bond motifs is 5. The van der Waals surface area contributed by atoms with Gasteiger partial charge in [0.2, 0.25) is 0 Å². The van der Waals surface area contributed by atoms with Gasteiger partial charge in [-0.25, -0.2) is 14.4 Å². The van der Waals surface area contributed by atoms with Crippen molar-refractivity contribution >= 4 is 29.8 Å². The molecule has 3 amide bonds. The second-order valence-corrected chi connectivity index (χ2v) is 32.9. The van der Waals surface area contributed by atoms with Gasteiger partial charge in [-0.15, -0.1) is 0 Å². The molecule has 10 aromatic rings. The lowest BCUT2D eigenvalue weighted by molar-refractivity contribution is -0.120. The second-order valence-electron chi connectivity index (χ2n) is 32.9. The molecular formula is C103H112N10O16. The van der Waals surface area contributed by atoms with Crippen molar-refractivity contribution in [1.82, 2.24) is 25.1 Å². The smallest absolute Gasteiger partial charge is 0.410 e. The zero-order chi connectivity index (χ0) is 90.0. The Morgan fingerprint density at radius 1 is 0.457 bits per heavy atom. The molecule has 0 saturated heterocycles. The first-order valence-corrected chi connectivity index (χ1v) is 42.4. The van der Waals surface area contributed by atoms with Crippen molar-refractivity contribution in [2.45, 2.75) is 178 Å². The molecule has 0 saturated carbocycles. The summed E-state index contributed by atoms with van der Waals surface area (Å²) < 4.78 is 65.9. The topological polar surface area (TPSA) is 352 Å². The molecule has 0 radical (unpaired) electrons. The highest BCUT2D eigenvalue weighted by atomic mass is 16.6. The number of amides is 3. The molecule has 4 heterocycles. The summed E-state index contributed by atoms with van der Waals surface area (Å²) in [7, 11) is 0. The van der Waals surface area contributed by atoms with Gasteiger partial charge in [0, 0.05) is 122 Å². The molecule has 3 N–H and O–H groups in total. The molecule has 13 rings (SSSR count). The molecule has 3 aliphatic rings. The Bertz CT molecular complexity index is 5770. The van der Waals surface area contributed by atoms with E-state index in [0.29, 0.717) is 173 Å². The van der Waals surface area contributed by atoms with E-state index >= 15 is 0 Å². The van der Waals surface area contributed by atoms with Crippen molar-refractivity contribution in [3.05, 3.63) is 260 Å². The molecule has 0 spiro atoms. The van der Waals surface area contributed by atoms with Gasteiger partial charge in [-0.05, 0) is 192 Å². The Morgan fingerprint density at radius 2 is 0.868 bits per heavy atom. The van der Waals surface area contributed by atoms with Crippen molar-refractivity contribution in [2.75, 3.05) is 59.2 Å². The summed E-state index contributed by atoms with van der Waals surface area (Å²) in [5.74, 6) is 4.50. The third kappa shape index (κ3) is 26.8. The summed E-state index contributed by atoms with van der Waals surface area (Å²) in [6, 6.07) is 58.5. The number of hydrogen-bond acceptors (Lipinski definition) is 23. The SMILES string of the molecule is C.C.Cc1cc(CN(CCCC(=O)CCCN)C(=O)OC(C)(C)C)c(OCc2cncc(C#N)c2)cc1OCc1cccc(-c2ccc3c(c2)OCCO3)c1C#N.Cc1cc(CN(CCCC(=O)CCCNC(=O)OCC2c3ccccc3-c3ccccc32)C(=O)OC(C)(C)C)c(OCc2cncc(C#N)c2)cc1OCc1cccc(-c2ccc3c(c2)OCCO3)c1C#N. The van der Waals surface area contributed by atoms with E-state index in [2.05, 4.69) is 63.8 Å². The van der Waals surface area contributed by atoms with Crippen LogP contribution in [0.1, 0.15) is 192 Å². The molecule has 0 bridgehead atoms. The number of nitrogens with one attached hydrogen (secondary N) is 1. The Hall–Kier alpha value is -14.5. The number of hydrogen-bond donors (Lipinski definition) is 2. The monoisotopic (exact) mass is 1740 g/mol. The third-order valence-corrected chi connectivity index (χ3v) is 21.0. The van der Waals surface area contributed by atoms with E-state index < -0.39 is 29.5 Å². The van der Waals surface area contributed by atoms with Gasteiger partial charge in [0.05, 0.1) is 35.3 Å². The van der Waals surface area contributed by atoms with Crippen LogP contribution in [0.3, 0.4) is 0 Å². The fourth-order valence-corrected chi connectivity index (χ4v) is 14.9. The van der Waals surface area contributed by atoms with Crippen molar-refractivity contribution in [3.63, 3.8) is 0 Å². The van der Waals surface area contributed by atoms with Crippen LogP contribution in [0.15, 0.2) is 183 Å². The van der Waals surface area contributed by atoms with Crippen molar-refractivity contribution in [2.24, 2.45) is 5.73 Å². The number of rotatable bonds is 35. The Labute approximate surface area is 755 Å². The van der Waals surface area contributed by atoms with Crippen LogP contribution >= 0.6 is 0 Å². The summed E-state index contributed by atoms with van der Waals surface area (Å²) in [6.45, 7) is 18.4. The Kier molecular flexibility index (Phi) is 34.6. The molecule has 8 aromatic carbocycles. The van der Waals surface area contributed by atoms with Gasteiger partial charge in [-0.1, -0.05) is 112 Å². The second kappa shape index (κ2) is 46.1. The predicted octanol–water partition coefficient (Wildman–Crippen LogP) is 20.0. The number of nitrogens with zero attached hydrogens (tertiary/aromatic N) is 8. The van der Waals surface area contributed by atoms with Crippen LogP contribution < -0.4 is 48.9 Å². The van der Waals surface area contributed by atoms with Crippen LogP contribution in [0.2, 0.25) is 0 Å². The van der Waals surface area contributed by atoms with Gasteiger partial charge in [0.1, 0.15) is 130 Å². The highest BCUT2D eigenvalue weighted by molar-refractivity contribution is 5.81. The Balaban J connectivity index is 0.000000274. The van der Waals surface area contributed by atoms with E-state index in [1.165, 1.54) is 12.4 Å². The quantitative estimate of drug-likeness (QED) is 0.0275. The van der Waals surface area contributed by atoms with Gasteiger partial charge in [-0.3, -0.25) is 19.6 Å². The van der Waals surface area contributed by atoms with Crippen LogP contribution in [0.25, 0.3) is 33.4 Å². The maximum Gasteiger partial charge on any atom is 0.410 e. The maximum atomic E-state index is 13.8. The minimum absolute atomic E-state index is 0. The van der Waals surface area contributed by atoms with Gasteiger partial charge in [0.25, 0.3) is 0 Å². The van der Waals surface area contributed by atoms with Gasteiger partial charge < -0.3 is 73.0 Å². The van der Waals surface area contributed by atoms with Crippen LogP contribution in [-0.4, -0.2) is 120 Å². The number of alkyl carbamates (subject to hydrolysis) is 1. The van der Waals surface area contributed by atoms with E-state index in [1.807, 2.05) is 123 Å². The van der Waals surface area contributed by atoms with Crippen LogP contribution in [0.5, 0.6) is 46.0 Å². The number of carbonyl (C=O) groups excluding carboxylic acids is 5. The number of pyridine rings is 2. The molecule has 129 heavy (non-hydrogen) atoms. The largest absolute Gasteiger partial charge is 0.488 e. The van der Waals surface area contributed by atoms with Gasteiger partial charge in [0.15, 0.2) is 23.0 Å². The summed E-state index contributed by atoms with van der Waals surface area (Å²) in [6.07, 6.45) is 7.64. The number of aromatic nitrogens is 2. The number of nitrogens with two attached hydrogens (primary N) is 1. The van der Waals surface area contributed by atoms with Crippen molar-refractivity contribution in [3.8, 4) is 104 Å². The maximum absolute atomic E-state index is 13.8. The number of aryl methyl sites for hydroxylation is 2. The average molecular weight is 1750 g/mol. The summed E-state index contributed by atoms with van der Waals surface area (Å²) in [5, 5.41) is 42.4. The molecule has 26 heteroatoms. The molecule has 670 valence electrons. The number of ketones is 2. The zero-order valence-electron chi connectivity index (χ0n) is 72.8. The first kappa shape index (κ1) is 96.7. The first-order chi connectivity index (χ1) is 61.3. The minimum Gasteiger partial charge on any atom is -0.488 e. The molecule has 26 nitrogen and oxygen atoms in total. The lowest BCUT2D eigenvalue weighted by atomic mass is 9.96.